The minimum Gasteiger partial charge on any atom is -0.366 e. The summed E-state index contributed by atoms with van der Waals surface area (Å²) in [5.41, 5.74) is 1.58. The summed E-state index contributed by atoms with van der Waals surface area (Å²) in [5.74, 6) is 0.741. The predicted molar refractivity (Wildman–Crippen MR) is 72.4 cm³/mol. The van der Waals surface area contributed by atoms with E-state index in [-0.39, 0.29) is 0 Å². The maximum absolute atomic E-state index is 9.08. The summed E-state index contributed by atoms with van der Waals surface area (Å²) in [5, 5.41) is 15.8. The van der Waals surface area contributed by atoms with Crippen LogP contribution in [0.4, 0.5) is 5.82 Å². The Bertz CT molecular complexity index is 442. The van der Waals surface area contributed by atoms with Gasteiger partial charge in [0.2, 0.25) is 0 Å². The molecule has 18 heavy (non-hydrogen) atoms. The Morgan fingerprint density at radius 2 is 1.89 bits per heavy atom. The number of aromatic nitrogens is 1. The van der Waals surface area contributed by atoms with Gasteiger partial charge in [0.15, 0.2) is 0 Å². The SMILES string of the molecule is CNC1CCC(Nc2nc(C)ccc2C#N)CC1. The quantitative estimate of drug-likeness (QED) is 0.855. The summed E-state index contributed by atoms with van der Waals surface area (Å²) in [4.78, 5) is 4.43. The highest BCUT2D eigenvalue weighted by molar-refractivity contribution is 5.52. The molecule has 1 fully saturated rings. The van der Waals surface area contributed by atoms with Crippen molar-refractivity contribution in [2.45, 2.75) is 44.7 Å². The molecule has 1 aliphatic rings. The zero-order valence-electron chi connectivity index (χ0n) is 11.0. The van der Waals surface area contributed by atoms with Gasteiger partial charge in [-0.05, 0) is 51.8 Å². The molecule has 0 saturated heterocycles. The molecule has 96 valence electrons. The smallest absolute Gasteiger partial charge is 0.144 e. The van der Waals surface area contributed by atoms with E-state index in [0.717, 1.165) is 24.4 Å². The van der Waals surface area contributed by atoms with Crippen molar-refractivity contribution in [3.8, 4) is 6.07 Å². The van der Waals surface area contributed by atoms with E-state index in [2.05, 4.69) is 21.7 Å². The minimum atomic E-state index is 0.441. The van der Waals surface area contributed by atoms with Crippen LogP contribution in [0.2, 0.25) is 0 Å². The predicted octanol–water partition coefficient (Wildman–Crippen LogP) is 2.20. The van der Waals surface area contributed by atoms with Gasteiger partial charge in [-0.2, -0.15) is 5.26 Å². The number of aryl methyl sites for hydroxylation is 1. The lowest BCUT2D eigenvalue weighted by atomic mass is 9.91. The fourth-order valence-corrected chi connectivity index (χ4v) is 2.48. The third-order valence-corrected chi connectivity index (χ3v) is 3.63. The largest absolute Gasteiger partial charge is 0.366 e. The first-order valence-corrected chi connectivity index (χ1v) is 6.54. The van der Waals surface area contributed by atoms with Crippen molar-refractivity contribution in [3.63, 3.8) is 0 Å². The molecule has 1 aliphatic carbocycles. The lowest BCUT2D eigenvalue weighted by Gasteiger charge is -2.29. The lowest BCUT2D eigenvalue weighted by molar-refractivity contribution is 0.371. The first-order valence-electron chi connectivity index (χ1n) is 6.54. The maximum atomic E-state index is 9.08. The molecule has 0 aliphatic heterocycles. The molecule has 1 aromatic rings. The van der Waals surface area contributed by atoms with Gasteiger partial charge < -0.3 is 10.6 Å². The van der Waals surface area contributed by atoms with Crippen molar-refractivity contribution in [2.75, 3.05) is 12.4 Å². The van der Waals surface area contributed by atoms with Crippen LogP contribution < -0.4 is 10.6 Å². The molecule has 0 unspecified atom stereocenters. The van der Waals surface area contributed by atoms with Gasteiger partial charge in [-0.15, -0.1) is 0 Å². The number of nitriles is 1. The second-order valence-corrected chi connectivity index (χ2v) is 4.94. The van der Waals surface area contributed by atoms with Crippen LogP contribution in [0.1, 0.15) is 36.9 Å². The molecule has 0 spiro atoms. The maximum Gasteiger partial charge on any atom is 0.144 e. The fraction of sp³-hybridized carbons (Fsp3) is 0.571. The molecule has 2 N–H and O–H groups in total. The molecule has 4 nitrogen and oxygen atoms in total. The Hall–Kier alpha value is -1.60. The highest BCUT2D eigenvalue weighted by atomic mass is 15.0. The summed E-state index contributed by atoms with van der Waals surface area (Å²) >= 11 is 0. The summed E-state index contributed by atoms with van der Waals surface area (Å²) in [6, 6.07) is 6.99. The van der Waals surface area contributed by atoms with E-state index in [1.54, 1.807) is 0 Å². The van der Waals surface area contributed by atoms with Gasteiger partial charge in [0.05, 0.1) is 5.56 Å². The molecule has 1 heterocycles. The summed E-state index contributed by atoms with van der Waals surface area (Å²) in [6.07, 6.45) is 4.63. The molecule has 0 radical (unpaired) electrons. The van der Waals surface area contributed by atoms with Gasteiger partial charge in [-0.1, -0.05) is 0 Å². The fourth-order valence-electron chi connectivity index (χ4n) is 2.48. The second-order valence-electron chi connectivity index (χ2n) is 4.94. The van der Waals surface area contributed by atoms with E-state index >= 15 is 0 Å². The van der Waals surface area contributed by atoms with Crippen LogP contribution in [0, 0.1) is 18.3 Å². The van der Waals surface area contributed by atoms with E-state index in [9.17, 15) is 0 Å². The Morgan fingerprint density at radius 3 is 2.50 bits per heavy atom. The molecule has 4 heteroatoms. The van der Waals surface area contributed by atoms with Crippen molar-refractivity contribution in [3.05, 3.63) is 23.4 Å². The summed E-state index contributed by atoms with van der Waals surface area (Å²) < 4.78 is 0. The lowest BCUT2D eigenvalue weighted by Crippen LogP contribution is -2.35. The topological polar surface area (TPSA) is 60.7 Å². The van der Waals surface area contributed by atoms with Crippen LogP contribution >= 0.6 is 0 Å². The number of nitrogens with zero attached hydrogens (tertiary/aromatic N) is 2. The number of rotatable bonds is 3. The van der Waals surface area contributed by atoms with Gasteiger partial charge in [-0.25, -0.2) is 4.98 Å². The van der Waals surface area contributed by atoms with Gasteiger partial charge in [0, 0.05) is 17.8 Å². The van der Waals surface area contributed by atoms with E-state index in [0.29, 0.717) is 17.6 Å². The van der Waals surface area contributed by atoms with Crippen LogP contribution in [-0.2, 0) is 0 Å². The van der Waals surface area contributed by atoms with E-state index < -0.39 is 0 Å². The molecule has 0 bridgehead atoms. The Labute approximate surface area is 108 Å². The highest BCUT2D eigenvalue weighted by Gasteiger charge is 2.20. The van der Waals surface area contributed by atoms with Gasteiger partial charge in [0.1, 0.15) is 11.9 Å². The van der Waals surface area contributed by atoms with E-state index in [1.165, 1.54) is 12.8 Å². The Morgan fingerprint density at radius 1 is 1.22 bits per heavy atom. The van der Waals surface area contributed by atoms with E-state index in [4.69, 9.17) is 5.26 Å². The molecular weight excluding hydrogens is 224 g/mol. The Kier molecular flexibility index (Phi) is 4.16. The van der Waals surface area contributed by atoms with Gasteiger partial charge >= 0.3 is 0 Å². The summed E-state index contributed by atoms with van der Waals surface area (Å²) in [6.45, 7) is 1.95. The van der Waals surface area contributed by atoms with Crippen molar-refractivity contribution in [2.24, 2.45) is 0 Å². The average Bonchev–Trinajstić information content (AvgIpc) is 2.40. The average molecular weight is 244 g/mol. The molecular formula is C14H20N4. The number of hydrogen-bond donors (Lipinski definition) is 2. The molecule has 1 aromatic heterocycles. The van der Waals surface area contributed by atoms with Gasteiger partial charge in [0.25, 0.3) is 0 Å². The molecule has 1 saturated carbocycles. The molecule has 0 aromatic carbocycles. The van der Waals surface area contributed by atoms with Crippen LogP contribution in [0.25, 0.3) is 0 Å². The monoisotopic (exact) mass is 244 g/mol. The van der Waals surface area contributed by atoms with Crippen molar-refractivity contribution >= 4 is 5.82 Å². The van der Waals surface area contributed by atoms with Gasteiger partial charge in [-0.3, -0.25) is 0 Å². The third-order valence-electron chi connectivity index (χ3n) is 3.63. The van der Waals surface area contributed by atoms with Crippen molar-refractivity contribution < 1.29 is 0 Å². The van der Waals surface area contributed by atoms with Crippen LogP contribution in [-0.4, -0.2) is 24.1 Å². The first kappa shape index (κ1) is 12.8. The molecule has 2 rings (SSSR count). The van der Waals surface area contributed by atoms with Crippen LogP contribution in [0.15, 0.2) is 12.1 Å². The number of pyridine rings is 1. The van der Waals surface area contributed by atoms with Crippen molar-refractivity contribution in [1.29, 1.82) is 5.26 Å². The van der Waals surface area contributed by atoms with Crippen LogP contribution in [0.5, 0.6) is 0 Å². The number of nitrogens with one attached hydrogen (secondary N) is 2. The minimum absolute atomic E-state index is 0.441. The highest BCUT2D eigenvalue weighted by Crippen LogP contribution is 2.23. The van der Waals surface area contributed by atoms with Crippen molar-refractivity contribution in [1.82, 2.24) is 10.3 Å². The first-order chi connectivity index (χ1) is 8.72. The van der Waals surface area contributed by atoms with E-state index in [1.807, 2.05) is 26.1 Å². The number of hydrogen-bond acceptors (Lipinski definition) is 4. The molecule has 0 atom stereocenters. The standard InChI is InChI=1S/C14H20N4/c1-10-3-4-11(9-15)14(17-10)18-13-7-5-12(16-2)6-8-13/h3-4,12-13,16H,5-8H2,1-2H3,(H,17,18). The normalized spacial score (nSPS) is 23.4. The zero-order chi connectivity index (χ0) is 13.0. The summed E-state index contributed by atoms with van der Waals surface area (Å²) in [7, 11) is 2.02. The second kappa shape index (κ2) is 5.83. The zero-order valence-corrected chi connectivity index (χ0v) is 11.0. The third kappa shape index (κ3) is 2.99. The number of anilines is 1. The Balaban J connectivity index is 2.02. The van der Waals surface area contributed by atoms with Crippen LogP contribution in [0.3, 0.4) is 0 Å². The molecule has 0 amide bonds.